The lowest BCUT2D eigenvalue weighted by molar-refractivity contribution is 0.0291. The van der Waals surface area contributed by atoms with Gasteiger partial charge >= 0.3 is 6.09 Å². The quantitative estimate of drug-likeness (QED) is 0.828. The van der Waals surface area contributed by atoms with Crippen molar-refractivity contribution in [3.05, 3.63) is 0 Å². The minimum atomic E-state index is -1.41. The minimum absolute atomic E-state index is 0.00933. The first-order valence-electron chi connectivity index (χ1n) is 7.27. The van der Waals surface area contributed by atoms with E-state index in [9.17, 15) is 4.79 Å². The summed E-state index contributed by atoms with van der Waals surface area (Å²) in [5.41, 5.74) is -0.491. The third kappa shape index (κ3) is 5.39. The zero-order chi connectivity index (χ0) is 14.8. The Labute approximate surface area is 108 Å². The van der Waals surface area contributed by atoms with E-state index >= 15 is 0 Å². The van der Waals surface area contributed by atoms with Crippen LogP contribution in [0.2, 0.25) is 0 Å². The molecule has 1 rings (SSSR count). The lowest BCUT2D eigenvalue weighted by atomic mass is 10.2. The maximum Gasteiger partial charge on any atom is 0.410 e. The van der Waals surface area contributed by atoms with Crippen molar-refractivity contribution in [3.8, 4) is 0 Å². The van der Waals surface area contributed by atoms with Crippen LogP contribution in [0.25, 0.3) is 0 Å². The van der Waals surface area contributed by atoms with Gasteiger partial charge in [0.25, 0.3) is 0 Å². The van der Waals surface area contributed by atoms with Crippen LogP contribution in [-0.2, 0) is 4.74 Å². The summed E-state index contributed by atoms with van der Waals surface area (Å²) in [6, 6.07) is -0.00933. The second-order valence-corrected chi connectivity index (χ2v) is 5.86. The molecule has 1 aliphatic rings. The fourth-order valence-corrected chi connectivity index (χ4v) is 1.65. The molecule has 1 fully saturated rings. The van der Waals surface area contributed by atoms with E-state index in [4.69, 9.17) is 7.48 Å². The average Bonchev–Trinajstić information content (AvgIpc) is 2.62. The highest BCUT2D eigenvalue weighted by Crippen LogP contribution is 2.15. The van der Waals surface area contributed by atoms with Gasteiger partial charge in [-0.05, 0) is 39.6 Å². The van der Waals surface area contributed by atoms with E-state index in [-0.39, 0.29) is 18.1 Å². The highest BCUT2D eigenvalue weighted by atomic mass is 16.6. The molecule has 1 saturated heterocycles. The van der Waals surface area contributed by atoms with Crippen LogP contribution in [0.1, 0.15) is 43.8 Å². The van der Waals surface area contributed by atoms with Gasteiger partial charge in [0.15, 0.2) is 0 Å². The lowest BCUT2D eigenvalue weighted by Crippen LogP contribution is -2.39. The number of hydrogen-bond acceptors (Lipinski definition) is 3. The number of ether oxygens (including phenoxy) is 1. The molecule has 0 unspecified atom stereocenters. The summed E-state index contributed by atoms with van der Waals surface area (Å²) in [5, 5.41) is 2.99. The van der Waals surface area contributed by atoms with Gasteiger partial charge in [-0.2, -0.15) is 0 Å². The van der Waals surface area contributed by atoms with E-state index in [2.05, 4.69) is 5.32 Å². The summed E-state index contributed by atoms with van der Waals surface area (Å²) in [6.45, 7) is 8.91. The maximum atomic E-state index is 11.9. The molecular formula is C13H26N2O2. The fraction of sp³-hybridized carbons (Fsp3) is 0.923. The van der Waals surface area contributed by atoms with E-state index in [1.165, 1.54) is 0 Å². The van der Waals surface area contributed by atoms with Crippen molar-refractivity contribution in [1.29, 1.82) is 0 Å². The molecule has 4 heteroatoms. The number of likely N-dealkylation sites (tertiary alicyclic amines) is 1. The van der Waals surface area contributed by atoms with E-state index < -0.39 is 12.1 Å². The molecule has 0 aromatic carbocycles. The Kier molecular flexibility index (Phi) is 3.81. The predicted molar refractivity (Wildman–Crippen MR) is 69.1 cm³/mol. The topological polar surface area (TPSA) is 41.6 Å². The number of amides is 1. The second kappa shape index (κ2) is 5.71. The van der Waals surface area contributed by atoms with Crippen LogP contribution in [0.4, 0.5) is 4.79 Å². The first kappa shape index (κ1) is 11.3. The molecule has 1 aliphatic heterocycles. The monoisotopic (exact) mass is 244 g/mol. The van der Waals surface area contributed by atoms with Gasteiger partial charge in [-0.15, -0.1) is 0 Å². The van der Waals surface area contributed by atoms with Gasteiger partial charge in [-0.1, -0.05) is 13.8 Å². The first-order valence-corrected chi connectivity index (χ1v) is 6.27. The summed E-state index contributed by atoms with van der Waals surface area (Å²) in [4.78, 5) is 13.5. The van der Waals surface area contributed by atoms with Crippen molar-refractivity contribution >= 4 is 6.09 Å². The van der Waals surface area contributed by atoms with Crippen LogP contribution in [0.15, 0.2) is 0 Å². The molecule has 0 aromatic rings. The number of carbonyl (C=O) groups excluding carboxylic acids is 1. The van der Waals surface area contributed by atoms with Crippen LogP contribution in [-0.4, -0.2) is 42.2 Å². The van der Waals surface area contributed by atoms with Crippen LogP contribution in [0.3, 0.4) is 0 Å². The Morgan fingerprint density at radius 1 is 1.59 bits per heavy atom. The van der Waals surface area contributed by atoms with E-state index in [0.29, 0.717) is 13.1 Å². The van der Waals surface area contributed by atoms with Gasteiger partial charge in [-0.3, -0.25) is 0 Å². The van der Waals surface area contributed by atoms with Gasteiger partial charge in [-0.25, -0.2) is 4.79 Å². The zero-order valence-electron chi connectivity index (χ0n) is 13.5. The molecule has 1 amide bonds. The standard InChI is InChI=1S/C13H26N2O2/c1-10(2)8-14-11-6-7-15(9-11)12(16)17-13(3,4)5/h10-11,14H,6-9H2,1-5H3/t11-/m0/s1/i8D2. The minimum Gasteiger partial charge on any atom is -0.444 e. The molecule has 17 heavy (non-hydrogen) atoms. The number of rotatable bonds is 3. The molecule has 100 valence electrons. The van der Waals surface area contributed by atoms with E-state index in [1.54, 1.807) is 4.90 Å². The third-order valence-electron chi connectivity index (χ3n) is 2.42. The van der Waals surface area contributed by atoms with Gasteiger partial charge in [0.2, 0.25) is 0 Å². The zero-order valence-corrected chi connectivity index (χ0v) is 11.5. The number of carbonyl (C=O) groups is 1. The van der Waals surface area contributed by atoms with Crippen molar-refractivity contribution in [1.82, 2.24) is 10.2 Å². The number of nitrogens with one attached hydrogen (secondary N) is 1. The Balaban J connectivity index is 2.48. The number of hydrogen-bond donors (Lipinski definition) is 1. The smallest absolute Gasteiger partial charge is 0.410 e. The maximum absolute atomic E-state index is 11.9. The van der Waals surface area contributed by atoms with Gasteiger partial charge in [0.1, 0.15) is 5.60 Å². The Morgan fingerprint density at radius 2 is 2.24 bits per heavy atom. The average molecular weight is 244 g/mol. The first-order chi connectivity index (χ1) is 8.51. The Hall–Kier alpha value is -0.770. The van der Waals surface area contributed by atoms with Crippen molar-refractivity contribution < 1.29 is 12.3 Å². The van der Waals surface area contributed by atoms with E-state index in [0.717, 1.165) is 6.42 Å². The van der Waals surface area contributed by atoms with Gasteiger partial charge < -0.3 is 15.0 Å². The Morgan fingerprint density at radius 3 is 2.76 bits per heavy atom. The molecule has 0 aromatic heterocycles. The van der Waals surface area contributed by atoms with Gasteiger partial charge in [0, 0.05) is 21.9 Å². The predicted octanol–water partition coefficient (Wildman–Crippen LogP) is 2.24. The third-order valence-corrected chi connectivity index (χ3v) is 2.42. The van der Waals surface area contributed by atoms with Crippen LogP contribution in [0.5, 0.6) is 0 Å². The summed E-state index contributed by atoms with van der Waals surface area (Å²) >= 11 is 0. The fourth-order valence-electron chi connectivity index (χ4n) is 1.65. The largest absolute Gasteiger partial charge is 0.444 e. The molecule has 0 aliphatic carbocycles. The molecular weight excluding hydrogens is 216 g/mol. The second-order valence-electron chi connectivity index (χ2n) is 5.86. The van der Waals surface area contributed by atoms with Crippen LogP contribution >= 0.6 is 0 Å². The SMILES string of the molecule is [2H]C([2H])(N[C@H]1CCN(C(=O)OC(C)(C)C)C1)C(C)C. The number of nitrogens with zero attached hydrogens (tertiary/aromatic N) is 1. The summed E-state index contributed by atoms with van der Waals surface area (Å²) in [5.74, 6) is -0.108. The van der Waals surface area contributed by atoms with Crippen LogP contribution < -0.4 is 5.32 Å². The van der Waals surface area contributed by atoms with Gasteiger partial charge in [0.05, 0.1) is 0 Å². The summed E-state index contributed by atoms with van der Waals surface area (Å²) in [7, 11) is 0. The summed E-state index contributed by atoms with van der Waals surface area (Å²) < 4.78 is 21.1. The lowest BCUT2D eigenvalue weighted by Gasteiger charge is -2.24. The van der Waals surface area contributed by atoms with Crippen molar-refractivity contribution in [2.75, 3.05) is 19.6 Å². The Bertz CT molecular complexity index is 327. The highest BCUT2D eigenvalue weighted by Gasteiger charge is 2.29. The van der Waals surface area contributed by atoms with Crippen molar-refractivity contribution in [2.45, 2.75) is 52.7 Å². The molecule has 1 N–H and O–H groups in total. The molecule has 0 saturated carbocycles. The van der Waals surface area contributed by atoms with Crippen LogP contribution in [0, 0.1) is 5.92 Å². The molecule has 0 radical (unpaired) electrons. The van der Waals surface area contributed by atoms with Crippen molar-refractivity contribution in [3.63, 3.8) is 0 Å². The highest BCUT2D eigenvalue weighted by molar-refractivity contribution is 5.68. The molecule has 0 spiro atoms. The van der Waals surface area contributed by atoms with Crippen molar-refractivity contribution in [2.24, 2.45) is 5.92 Å². The van der Waals surface area contributed by atoms with E-state index in [1.807, 2.05) is 34.6 Å². The normalized spacial score (nSPS) is 23.6. The molecule has 4 nitrogen and oxygen atoms in total. The molecule has 0 bridgehead atoms. The summed E-state index contributed by atoms with van der Waals surface area (Å²) in [6.07, 6.45) is 0.438. The molecule has 1 heterocycles. The molecule has 1 atom stereocenters.